The molecule has 1 aliphatic rings. The van der Waals surface area contributed by atoms with E-state index in [1.54, 1.807) is 12.1 Å². The maximum Gasteiger partial charge on any atom is 0.238 e. The van der Waals surface area contributed by atoms with Gasteiger partial charge in [0.25, 0.3) is 0 Å². The van der Waals surface area contributed by atoms with Gasteiger partial charge in [0.05, 0.1) is 6.54 Å². The molecule has 0 radical (unpaired) electrons. The van der Waals surface area contributed by atoms with Gasteiger partial charge in [-0.2, -0.15) is 0 Å². The maximum atomic E-state index is 13.1. The van der Waals surface area contributed by atoms with Crippen LogP contribution in [-0.2, 0) is 4.79 Å². The lowest BCUT2D eigenvalue weighted by Crippen LogP contribution is -2.45. The summed E-state index contributed by atoms with van der Waals surface area (Å²) in [6.45, 7) is 5.45. The number of rotatable bonds is 6. The molecule has 0 atom stereocenters. The van der Waals surface area contributed by atoms with Crippen molar-refractivity contribution in [3.8, 4) is 0 Å². The molecular formula is C16H24FN3O. The zero-order chi connectivity index (χ0) is 15.1. The molecule has 1 saturated heterocycles. The van der Waals surface area contributed by atoms with Crippen molar-refractivity contribution in [1.82, 2.24) is 10.2 Å². The van der Waals surface area contributed by atoms with Crippen LogP contribution in [0.5, 0.6) is 0 Å². The van der Waals surface area contributed by atoms with Crippen molar-refractivity contribution in [3.63, 3.8) is 0 Å². The Morgan fingerprint density at radius 2 is 2.14 bits per heavy atom. The van der Waals surface area contributed by atoms with Crippen molar-refractivity contribution in [1.29, 1.82) is 0 Å². The summed E-state index contributed by atoms with van der Waals surface area (Å²) < 4.78 is 13.1. The monoisotopic (exact) mass is 293 g/mol. The van der Waals surface area contributed by atoms with Crippen molar-refractivity contribution in [2.24, 2.45) is 0 Å². The Hall–Kier alpha value is -1.46. The molecule has 0 aliphatic carbocycles. The van der Waals surface area contributed by atoms with E-state index in [1.807, 2.05) is 0 Å². The Balaban J connectivity index is 1.72. The van der Waals surface area contributed by atoms with Crippen molar-refractivity contribution >= 4 is 11.6 Å². The number of nitrogens with zero attached hydrogens (tertiary/aromatic N) is 1. The molecule has 4 nitrogen and oxygen atoms in total. The fraction of sp³-hybridized carbons (Fsp3) is 0.562. The number of likely N-dealkylation sites (tertiary alicyclic amines) is 1. The molecule has 2 N–H and O–H groups in total. The number of anilines is 1. The highest BCUT2D eigenvalue weighted by Crippen LogP contribution is 2.12. The van der Waals surface area contributed by atoms with E-state index in [0.29, 0.717) is 18.3 Å². The Kier molecular flexibility index (Phi) is 6.14. The molecule has 1 heterocycles. The van der Waals surface area contributed by atoms with Gasteiger partial charge in [0.2, 0.25) is 5.91 Å². The molecule has 0 aromatic heterocycles. The number of piperidine rings is 1. The lowest BCUT2D eigenvalue weighted by Gasteiger charge is -2.31. The van der Waals surface area contributed by atoms with Crippen LogP contribution in [0.3, 0.4) is 0 Å². The molecule has 1 fully saturated rings. The molecule has 1 aromatic rings. The van der Waals surface area contributed by atoms with Crippen LogP contribution >= 0.6 is 0 Å². The van der Waals surface area contributed by atoms with Crippen molar-refractivity contribution in [2.75, 3.05) is 31.5 Å². The zero-order valence-electron chi connectivity index (χ0n) is 12.6. The van der Waals surface area contributed by atoms with E-state index in [9.17, 15) is 9.18 Å². The summed E-state index contributed by atoms with van der Waals surface area (Å²) in [5.41, 5.74) is 0.513. The Bertz CT molecular complexity index is 459. The average Bonchev–Trinajstić information content (AvgIpc) is 2.46. The van der Waals surface area contributed by atoms with Crippen LogP contribution < -0.4 is 10.6 Å². The molecule has 0 spiro atoms. The summed E-state index contributed by atoms with van der Waals surface area (Å²) in [6, 6.07) is 6.56. The second kappa shape index (κ2) is 8.10. The first-order chi connectivity index (χ1) is 10.2. The van der Waals surface area contributed by atoms with Crippen LogP contribution in [0.15, 0.2) is 24.3 Å². The summed E-state index contributed by atoms with van der Waals surface area (Å²) in [4.78, 5) is 14.1. The molecular weight excluding hydrogens is 269 g/mol. The molecule has 0 bridgehead atoms. The first-order valence-corrected chi connectivity index (χ1v) is 7.68. The second-order valence-electron chi connectivity index (χ2n) is 5.56. The van der Waals surface area contributed by atoms with E-state index in [4.69, 9.17) is 0 Å². The van der Waals surface area contributed by atoms with Crippen molar-refractivity contribution in [2.45, 2.75) is 32.2 Å². The number of benzene rings is 1. The molecule has 1 aromatic carbocycles. The lowest BCUT2D eigenvalue weighted by atomic mass is 10.0. The maximum absolute atomic E-state index is 13.1. The minimum Gasteiger partial charge on any atom is -0.325 e. The number of hydrogen-bond donors (Lipinski definition) is 2. The van der Waals surface area contributed by atoms with Gasteiger partial charge in [0, 0.05) is 24.8 Å². The van der Waals surface area contributed by atoms with Gasteiger partial charge in [-0.05, 0) is 44.0 Å². The predicted octanol–water partition coefficient (Wildman–Crippen LogP) is 2.23. The smallest absolute Gasteiger partial charge is 0.238 e. The average molecular weight is 293 g/mol. The van der Waals surface area contributed by atoms with Crippen LogP contribution in [0.4, 0.5) is 10.1 Å². The van der Waals surface area contributed by atoms with Crippen LogP contribution in [-0.4, -0.2) is 43.0 Å². The van der Waals surface area contributed by atoms with Gasteiger partial charge in [-0.1, -0.05) is 13.0 Å². The number of carbonyl (C=O) groups excluding carboxylic acids is 1. The second-order valence-corrected chi connectivity index (χ2v) is 5.56. The van der Waals surface area contributed by atoms with Crippen LogP contribution in [0.1, 0.15) is 26.2 Å². The number of nitrogens with one attached hydrogen (secondary N) is 2. The largest absolute Gasteiger partial charge is 0.325 e. The number of hydrogen-bond acceptors (Lipinski definition) is 3. The highest BCUT2D eigenvalue weighted by Gasteiger charge is 2.20. The van der Waals surface area contributed by atoms with E-state index < -0.39 is 0 Å². The molecule has 0 saturated carbocycles. The topological polar surface area (TPSA) is 44.4 Å². The van der Waals surface area contributed by atoms with E-state index in [1.165, 1.54) is 12.1 Å². The first kappa shape index (κ1) is 15.9. The summed E-state index contributed by atoms with van der Waals surface area (Å²) in [5, 5.41) is 6.26. The molecule has 1 amide bonds. The van der Waals surface area contributed by atoms with Crippen molar-refractivity contribution < 1.29 is 9.18 Å². The number of halogens is 1. The number of amides is 1. The van der Waals surface area contributed by atoms with Gasteiger partial charge in [-0.25, -0.2) is 4.39 Å². The molecule has 0 unspecified atom stereocenters. The van der Waals surface area contributed by atoms with Gasteiger partial charge >= 0.3 is 0 Å². The first-order valence-electron chi connectivity index (χ1n) is 7.68. The SMILES string of the molecule is CCCNC1CCN(CC(=O)Nc2cccc(F)c2)CC1. The highest BCUT2D eigenvalue weighted by atomic mass is 19.1. The standard InChI is InChI=1S/C16H24FN3O/c1-2-8-18-14-6-9-20(10-7-14)12-16(21)19-15-5-3-4-13(17)11-15/h3-5,11,14,18H,2,6-10,12H2,1H3,(H,19,21). The fourth-order valence-electron chi connectivity index (χ4n) is 2.61. The quantitative estimate of drug-likeness (QED) is 0.845. The summed E-state index contributed by atoms with van der Waals surface area (Å²) in [6.07, 6.45) is 3.30. The molecule has 5 heteroatoms. The van der Waals surface area contributed by atoms with Crippen molar-refractivity contribution in [3.05, 3.63) is 30.1 Å². The van der Waals surface area contributed by atoms with Gasteiger partial charge in [0.1, 0.15) is 5.82 Å². The summed E-state index contributed by atoms with van der Waals surface area (Å²) in [7, 11) is 0. The third kappa shape index (κ3) is 5.44. The fourth-order valence-corrected chi connectivity index (χ4v) is 2.61. The van der Waals surface area contributed by atoms with Crippen LogP contribution in [0, 0.1) is 5.82 Å². The number of carbonyl (C=O) groups is 1. The Morgan fingerprint density at radius 3 is 2.81 bits per heavy atom. The Morgan fingerprint density at radius 1 is 1.38 bits per heavy atom. The van der Waals surface area contributed by atoms with Crippen LogP contribution in [0.25, 0.3) is 0 Å². The summed E-state index contributed by atoms with van der Waals surface area (Å²) in [5.74, 6) is -0.420. The molecule has 1 aliphatic heterocycles. The van der Waals surface area contributed by atoms with Gasteiger partial charge in [-0.3, -0.25) is 9.69 Å². The summed E-state index contributed by atoms with van der Waals surface area (Å²) >= 11 is 0. The van der Waals surface area contributed by atoms with Gasteiger partial charge < -0.3 is 10.6 Å². The highest BCUT2D eigenvalue weighted by molar-refractivity contribution is 5.92. The minimum atomic E-state index is -0.337. The van der Waals surface area contributed by atoms with Crippen LogP contribution in [0.2, 0.25) is 0 Å². The van der Waals surface area contributed by atoms with E-state index >= 15 is 0 Å². The Labute approximate surface area is 125 Å². The van der Waals surface area contributed by atoms with E-state index in [0.717, 1.165) is 38.9 Å². The molecule has 116 valence electrons. The molecule has 21 heavy (non-hydrogen) atoms. The zero-order valence-corrected chi connectivity index (χ0v) is 12.6. The lowest BCUT2D eigenvalue weighted by molar-refractivity contribution is -0.117. The minimum absolute atomic E-state index is 0.0828. The predicted molar refractivity (Wildman–Crippen MR) is 82.8 cm³/mol. The third-order valence-corrected chi connectivity index (χ3v) is 3.75. The third-order valence-electron chi connectivity index (χ3n) is 3.75. The van der Waals surface area contributed by atoms with E-state index in [2.05, 4.69) is 22.5 Å². The van der Waals surface area contributed by atoms with E-state index in [-0.39, 0.29) is 11.7 Å². The normalized spacial score (nSPS) is 16.9. The molecule has 2 rings (SSSR count). The van der Waals surface area contributed by atoms with Gasteiger partial charge in [-0.15, -0.1) is 0 Å². The van der Waals surface area contributed by atoms with Gasteiger partial charge in [0.15, 0.2) is 0 Å².